The summed E-state index contributed by atoms with van der Waals surface area (Å²) < 4.78 is 10.5. The van der Waals surface area contributed by atoms with E-state index in [2.05, 4.69) is 5.32 Å². The maximum Gasteiger partial charge on any atom is 0.311 e. The van der Waals surface area contributed by atoms with E-state index in [1.807, 2.05) is 0 Å². The first kappa shape index (κ1) is 18.5. The summed E-state index contributed by atoms with van der Waals surface area (Å²) in [6.07, 6.45) is 0.240. The van der Waals surface area contributed by atoms with Crippen molar-refractivity contribution in [3.05, 3.63) is 47.0 Å². The van der Waals surface area contributed by atoms with Crippen molar-refractivity contribution in [2.75, 3.05) is 5.32 Å². The molecule has 140 valence electrons. The van der Waals surface area contributed by atoms with Crippen molar-refractivity contribution in [1.29, 1.82) is 0 Å². The Morgan fingerprint density at radius 1 is 1.33 bits per heavy atom. The normalized spacial score (nSPS) is 11.9. The maximum atomic E-state index is 12.2. The number of fused-ring (bicyclic) bond motifs is 1. The van der Waals surface area contributed by atoms with Crippen LogP contribution < -0.4 is 11.1 Å². The minimum Gasteiger partial charge on any atom is -0.508 e. The highest BCUT2D eigenvalue weighted by Gasteiger charge is 2.21. The molecule has 1 aromatic carbocycles. The molecule has 9 heteroatoms. The molecule has 2 heterocycles. The molecule has 2 aromatic heterocycles. The van der Waals surface area contributed by atoms with E-state index in [0.717, 1.165) is 11.3 Å². The Balaban J connectivity index is 1.62. The molecule has 3 aromatic rings. The highest BCUT2D eigenvalue weighted by Crippen LogP contribution is 2.26. The van der Waals surface area contributed by atoms with Gasteiger partial charge in [0.2, 0.25) is 0 Å². The average molecular weight is 388 g/mol. The van der Waals surface area contributed by atoms with Crippen LogP contribution in [-0.2, 0) is 20.7 Å². The Hall–Kier alpha value is -3.33. The van der Waals surface area contributed by atoms with Gasteiger partial charge in [0, 0.05) is 17.0 Å². The number of nitrogens with one attached hydrogen (secondary N) is 1. The van der Waals surface area contributed by atoms with Crippen LogP contribution in [0.4, 0.5) is 5.00 Å². The molecule has 0 saturated heterocycles. The number of rotatable bonds is 6. The van der Waals surface area contributed by atoms with Gasteiger partial charge in [0.25, 0.3) is 11.8 Å². The van der Waals surface area contributed by atoms with Gasteiger partial charge in [-0.15, -0.1) is 11.3 Å². The number of furan rings is 1. The quantitative estimate of drug-likeness (QED) is 0.556. The molecule has 4 N–H and O–H groups in total. The molecule has 1 atom stereocenters. The topological polar surface area (TPSA) is 132 Å². The van der Waals surface area contributed by atoms with Crippen molar-refractivity contribution in [2.24, 2.45) is 5.73 Å². The number of carbonyl (C=O) groups excluding carboxylic acids is 3. The van der Waals surface area contributed by atoms with E-state index in [1.165, 1.54) is 31.4 Å². The van der Waals surface area contributed by atoms with Crippen molar-refractivity contribution < 1.29 is 28.6 Å². The molecule has 0 radical (unpaired) electrons. The van der Waals surface area contributed by atoms with Gasteiger partial charge >= 0.3 is 5.97 Å². The number of ether oxygens (including phenoxy) is 1. The van der Waals surface area contributed by atoms with Crippen molar-refractivity contribution in [3.63, 3.8) is 0 Å². The highest BCUT2D eigenvalue weighted by molar-refractivity contribution is 7.14. The van der Waals surface area contributed by atoms with Crippen LogP contribution in [0.15, 0.2) is 40.3 Å². The van der Waals surface area contributed by atoms with Gasteiger partial charge in [-0.1, -0.05) is 0 Å². The monoisotopic (exact) mass is 388 g/mol. The predicted molar refractivity (Wildman–Crippen MR) is 98.6 cm³/mol. The number of nitrogens with two attached hydrogens (primary N) is 1. The predicted octanol–water partition coefficient (Wildman–Crippen LogP) is 2.41. The number of benzene rings is 1. The number of aromatic hydroxyl groups is 1. The minimum atomic E-state index is -1.07. The molecule has 0 spiro atoms. The van der Waals surface area contributed by atoms with Gasteiger partial charge in [0.1, 0.15) is 16.3 Å². The largest absolute Gasteiger partial charge is 0.508 e. The minimum absolute atomic E-state index is 0.0557. The van der Waals surface area contributed by atoms with Crippen LogP contribution in [0.3, 0.4) is 0 Å². The SMILES string of the molecule is C[C@@H](OC(=O)Cc1coc2cc(O)ccc12)C(=O)Nc1sccc1C(N)=O. The van der Waals surface area contributed by atoms with Crippen LogP contribution in [0.5, 0.6) is 5.75 Å². The summed E-state index contributed by atoms with van der Waals surface area (Å²) in [6, 6.07) is 6.06. The molecule has 0 aliphatic rings. The van der Waals surface area contributed by atoms with Crippen LogP contribution >= 0.6 is 11.3 Å². The molecule has 0 aliphatic heterocycles. The summed E-state index contributed by atoms with van der Waals surface area (Å²) in [5, 5.41) is 14.6. The van der Waals surface area contributed by atoms with Gasteiger partial charge < -0.3 is 25.3 Å². The van der Waals surface area contributed by atoms with Crippen molar-refractivity contribution in [1.82, 2.24) is 0 Å². The second-order valence-electron chi connectivity index (χ2n) is 5.77. The van der Waals surface area contributed by atoms with E-state index >= 15 is 0 Å². The van der Waals surface area contributed by atoms with Crippen LogP contribution in [0.25, 0.3) is 11.0 Å². The molecular formula is C18H16N2O6S. The van der Waals surface area contributed by atoms with Gasteiger partial charge in [-0.05, 0) is 30.5 Å². The highest BCUT2D eigenvalue weighted by atomic mass is 32.1. The fourth-order valence-corrected chi connectivity index (χ4v) is 3.27. The molecule has 0 fully saturated rings. The lowest BCUT2D eigenvalue weighted by Crippen LogP contribution is -2.30. The number of primary amides is 1. The summed E-state index contributed by atoms with van der Waals surface area (Å²) in [4.78, 5) is 35.6. The van der Waals surface area contributed by atoms with E-state index in [-0.39, 0.29) is 17.7 Å². The Bertz CT molecular complexity index is 1020. The number of phenolic OH excluding ortho intramolecular Hbond substituents is 1. The van der Waals surface area contributed by atoms with E-state index in [4.69, 9.17) is 14.9 Å². The number of carbonyl (C=O) groups is 3. The summed E-state index contributed by atoms with van der Waals surface area (Å²) in [5.74, 6) is -1.79. The summed E-state index contributed by atoms with van der Waals surface area (Å²) >= 11 is 1.14. The molecule has 27 heavy (non-hydrogen) atoms. The molecule has 0 aliphatic carbocycles. The second-order valence-corrected chi connectivity index (χ2v) is 6.68. The van der Waals surface area contributed by atoms with E-state index < -0.39 is 23.9 Å². The van der Waals surface area contributed by atoms with Gasteiger partial charge in [-0.25, -0.2) is 0 Å². The van der Waals surface area contributed by atoms with Crippen LogP contribution in [0.2, 0.25) is 0 Å². The summed E-state index contributed by atoms with van der Waals surface area (Å²) in [7, 11) is 0. The third kappa shape index (κ3) is 4.09. The fourth-order valence-electron chi connectivity index (χ4n) is 2.47. The zero-order valence-electron chi connectivity index (χ0n) is 14.2. The van der Waals surface area contributed by atoms with Crippen molar-refractivity contribution in [2.45, 2.75) is 19.4 Å². The number of anilines is 1. The molecular weight excluding hydrogens is 372 g/mol. The summed E-state index contributed by atoms with van der Waals surface area (Å²) in [5.41, 5.74) is 6.45. The van der Waals surface area contributed by atoms with E-state index in [1.54, 1.807) is 11.4 Å². The third-order valence-corrected chi connectivity index (χ3v) is 4.65. The number of hydrogen-bond acceptors (Lipinski definition) is 7. The number of phenols is 1. The van der Waals surface area contributed by atoms with Crippen molar-refractivity contribution >= 4 is 45.1 Å². The first-order valence-electron chi connectivity index (χ1n) is 7.92. The zero-order valence-corrected chi connectivity index (χ0v) is 15.0. The molecule has 0 bridgehead atoms. The first-order valence-corrected chi connectivity index (χ1v) is 8.80. The lowest BCUT2D eigenvalue weighted by Gasteiger charge is -2.13. The van der Waals surface area contributed by atoms with E-state index in [0.29, 0.717) is 21.5 Å². The zero-order chi connectivity index (χ0) is 19.6. The Morgan fingerprint density at radius 2 is 2.11 bits per heavy atom. The summed E-state index contributed by atoms with van der Waals surface area (Å²) in [6.45, 7) is 1.43. The molecule has 8 nitrogen and oxygen atoms in total. The lowest BCUT2D eigenvalue weighted by molar-refractivity contribution is -0.152. The van der Waals surface area contributed by atoms with Gasteiger partial charge in [-0.3, -0.25) is 14.4 Å². The Kier molecular flexibility index (Phi) is 5.13. The number of amides is 2. The number of esters is 1. The van der Waals surface area contributed by atoms with Crippen LogP contribution in [0.1, 0.15) is 22.8 Å². The Labute approximate surface area is 157 Å². The number of thiophene rings is 1. The maximum absolute atomic E-state index is 12.2. The fraction of sp³-hybridized carbons (Fsp3) is 0.167. The van der Waals surface area contributed by atoms with Crippen LogP contribution in [0, 0.1) is 0 Å². The van der Waals surface area contributed by atoms with Gasteiger partial charge in [0.05, 0.1) is 18.2 Å². The lowest BCUT2D eigenvalue weighted by atomic mass is 10.1. The van der Waals surface area contributed by atoms with Crippen molar-refractivity contribution in [3.8, 4) is 5.75 Å². The van der Waals surface area contributed by atoms with Crippen LogP contribution in [-0.4, -0.2) is 29.0 Å². The second kappa shape index (κ2) is 7.50. The number of hydrogen-bond donors (Lipinski definition) is 3. The molecule has 0 unspecified atom stereocenters. The third-order valence-electron chi connectivity index (χ3n) is 3.82. The smallest absolute Gasteiger partial charge is 0.311 e. The Morgan fingerprint density at radius 3 is 2.85 bits per heavy atom. The van der Waals surface area contributed by atoms with E-state index in [9.17, 15) is 19.5 Å². The van der Waals surface area contributed by atoms with Gasteiger partial charge in [-0.2, -0.15) is 0 Å². The molecule has 2 amide bonds. The average Bonchev–Trinajstić information content (AvgIpc) is 3.21. The standard InChI is InChI=1S/C18H16N2O6S/c1-9(17(24)20-18-13(16(19)23)4-5-27-18)26-15(22)6-10-8-25-14-7-11(21)2-3-12(10)14/h2-5,7-9,21H,6H2,1H3,(H2,19,23)(H,20,24)/t9-/m1/s1. The van der Waals surface area contributed by atoms with Gasteiger partial charge in [0.15, 0.2) is 6.10 Å². The first-order chi connectivity index (χ1) is 12.8. The molecule has 3 rings (SSSR count). The molecule has 0 saturated carbocycles.